The summed E-state index contributed by atoms with van der Waals surface area (Å²) in [4.78, 5) is 0. The van der Waals surface area contributed by atoms with E-state index in [1.54, 1.807) is 0 Å². The normalized spacial score (nSPS) is 17.8. The summed E-state index contributed by atoms with van der Waals surface area (Å²) in [6, 6.07) is 18.1. The molecule has 176 valence electrons. The van der Waals surface area contributed by atoms with Crippen molar-refractivity contribution in [2.45, 2.75) is 39.7 Å². The molecule has 1 heterocycles. The third kappa shape index (κ3) is 15.9. The molecule has 1 fully saturated rings. The maximum atomic E-state index is 9.87. The standard InChI is InChI=1S/C16H18I.C5H8O2.F6P/c1-12(2)14-6-10-16(11-7-14)17-15-8-4-13(3)5-9-15;1-4-3-6-5(2)7-4;1-7(2,3,4,5)6/h4-12H,1-3H3;4H,2-3H2,1H3;/q+1;;-1. The molecule has 1 aliphatic rings. The van der Waals surface area contributed by atoms with Crippen LogP contribution in [0.3, 0.4) is 0 Å². The summed E-state index contributed by atoms with van der Waals surface area (Å²) < 4.78 is 72.0. The predicted octanol–water partition coefficient (Wildman–Crippen LogP) is 5.52. The first-order valence-corrected chi connectivity index (χ1v) is 13.4. The number of hydrogen-bond acceptors (Lipinski definition) is 2. The van der Waals surface area contributed by atoms with Gasteiger partial charge in [0.1, 0.15) is 12.7 Å². The monoisotopic (exact) mass is 582 g/mol. The van der Waals surface area contributed by atoms with Crippen LogP contribution in [0.15, 0.2) is 61.1 Å². The van der Waals surface area contributed by atoms with Crippen molar-refractivity contribution in [3.05, 3.63) is 79.3 Å². The first kappa shape index (κ1) is 27.6. The van der Waals surface area contributed by atoms with Crippen molar-refractivity contribution in [2.75, 3.05) is 6.61 Å². The number of ether oxygens (including phenoxy) is 2. The molecule has 2 aromatic rings. The zero-order chi connectivity index (χ0) is 23.9. The van der Waals surface area contributed by atoms with Crippen LogP contribution >= 0.6 is 7.81 Å². The van der Waals surface area contributed by atoms with E-state index >= 15 is 0 Å². The van der Waals surface area contributed by atoms with E-state index in [9.17, 15) is 25.2 Å². The van der Waals surface area contributed by atoms with E-state index in [0.29, 0.717) is 18.5 Å². The van der Waals surface area contributed by atoms with Crippen LogP contribution in [0, 0.1) is 14.1 Å². The molecule has 3 rings (SSSR count). The fourth-order valence-corrected chi connectivity index (χ4v) is 4.29. The van der Waals surface area contributed by atoms with Crippen LogP contribution < -0.4 is 21.2 Å². The van der Waals surface area contributed by atoms with Crippen LogP contribution in [0.5, 0.6) is 0 Å². The molecule has 10 heteroatoms. The van der Waals surface area contributed by atoms with Gasteiger partial charge in [0.05, 0.1) is 0 Å². The minimum absolute atomic E-state index is 0.0167. The second-order valence-electron chi connectivity index (χ2n) is 7.17. The van der Waals surface area contributed by atoms with Crippen molar-refractivity contribution >= 4 is 7.81 Å². The number of rotatable bonds is 3. The third-order valence-electron chi connectivity index (χ3n) is 3.58. The Kier molecular flexibility index (Phi) is 8.87. The second kappa shape index (κ2) is 9.98. The van der Waals surface area contributed by atoms with Gasteiger partial charge >= 0.3 is 54.2 Å². The van der Waals surface area contributed by atoms with E-state index < -0.39 is 7.81 Å². The van der Waals surface area contributed by atoms with Crippen LogP contribution in [0.2, 0.25) is 0 Å². The molecule has 0 saturated carbocycles. The number of hydrogen-bond donors (Lipinski definition) is 0. The van der Waals surface area contributed by atoms with E-state index in [1.165, 1.54) is 18.3 Å². The minimum atomic E-state index is -10.7. The molecule has 0 N–H and O–H groups in total. The summed E-state index contributed by atoms with van der Waals surface area (Å²) in [5, 5.41) is 0. The van der Waals surface area contributed by atoms with E-state index in [0.717, 1.165) is 0 Å². The fourth-order valence-electron chi connectivity index (χ4n) is 2.14. The Labute approximate surface area is 189 Å². The molecule has 1 aliphatic heterocycles. The van der Waals surface area contributed by atoms with Crippen LogP contribution in [0.4, 0.5) is 25.2 Å². The Balaban J connectivity index is 0.000000283. The van der Waals surface area contributed by atoms with Gasteiger partial charge in [0.25, 0.3) is 5.95 Å². The predicted molar refractivity (Wildman–Crippen MR) is 108 cm³/mol. The van der Waals surface area contributed by atoms with Crippen LogP contribution in [0.25, 0.3) is 0 Å². The molecule has 0 aliphatic carbocycles. The molecule has 2 nitrogen and oxygen atoms in total. The van der Waals surface area contributed by atoms with Crippen LogP contribution in [-0.2, 0) is 9.47 Å². The van der Waals surface area contributed by atoms with Gasteiger partial charge < -0.3 is 9.47 Å². The van der Waals surface area contributed by atoms with Crippen molar-refractivity contribution in [1.82, 2.24) is 0 Å². The second-order valence-corrected chi connectivity index (χ2v) is 12.1. The van der Waals surface area contributed by atoms with Gasteiger partial charge in [-0.25, -0.2) is 0 Å². The molecule has 2 aromatic carbocycles. The molecule has 1 atom stereocenters. The van der Waals surface area contributed by atoms with E-state index in [1.807, 2.05) is 6.92 Å². The van der Waals surface area contributed by atoms with Crippen molar-refractivity contribution in [3.8, 4) is 0 Å². The van der Waals surface area contributed by atoms with Crippen molar-refractivity contribution in [3.63, 3.8) is 0 Å². The molecule has 31 heavy (non-hydrogen) atoms. The molecule has 0 aromatic heterocycles. The molecule has 0 bridgehead atoms. The number of halogens is 7. The summed E-state index contributed by atoms with van der Waals surface area (Å²) in [5.74, 6) is 1.08. The topological polar surface area (TPSA) is 18.5 Å². The molecule has 1 unspecified atom stereocenters. The van der Waals surface area contributed by atoms with Gasteiger partial charge in [-0.2, -0.15) is 0 Å². The quantitative estimate of drug-likeness (QED) is 0.270. The van der Waals surface area contributed by atoms with Gasteiger partial charge in [0, 0.05) is 0 Å². The Morgan fingerprint density at radius 2 is 1.32 bits per heavy atom. The Morgan fingerprint density at radius 3 is 1.61 bits per heavy atom. The Bertz CT molecular complexity index is 839. The first-order valence-electron chi connectivity index (χ1n) is 9.25. The van der Waals surface area contributed by atoms with Crippen molar-refractivity contribution in [1.29, 1.82) is 0 Å². The van der Waals surface area contributed by atoms with Crippen LogP contribution in [-0.4, -0.2) is 12.7 Å². The number of benzene rings is 2. The van der Waals surface area contributed by atoms with E-state index in [4.69, 9.17) is 9.47 Å². The number of aryl methyl sites for hydroxylation is 1. The molecule has 0 amide bonds. The zero-order valence-corrected chi connectivity index (χ0v) is 20.6. The van der Waals surface area contributed by atoms with E-state index in [-0.39, 0.29) is 27.3 Å². The van der Waals surface area contributed by atoms with Crippen molar-refractivity contribution in [2.24, 2.45) is 0 Å². The van der Waals surface area contributed by atoms with Gasteiger partial charge in [-0.05, 0) is 56.2 Å². The summed E-state index contributed by atoms with van der Waals surface area (Å²) in [6.45, 7) is 12.7. The molecular weight excluding hydrogens is 556 g/mol. The zero-order valence-electron chi connectivity index (χ0n) is 17.6. The van der Waals surface area contributed by atoms with E-state index in [2.05, 4.69) is 75.9 Å². The van der Waals surface area contributed by atoms with Gasteiger partial charge in [-0.3, -0.25) is 0 Å². The average Bonchev–Trinajstić information content (AvgIpc) is 2.98. The maximum absolute atomic E-state index is 10.7. The third-order valence-corrected chi connectivity index (χ3v) is 6.26. The summed E-state index contributed by atoms with van der Waals surface area (Å²) in [5.41, 5.74) is 2.77. The summed E-state index contributed by atoms with van der Waals surface area (Å²) >= 11 is -0.0167. The van der Waals surface area contributed by atoms with Gasteiger partial charge in [-0.1, -0.05) is 43.7 Å². The molecule has 1 saturated heterocycles. The fraction of sp³-hybridized carbons (Fsp3) is 0.333. The molecular formula is C21H26F6IO2P. The average molecular weight is 582 g/mol. The van der Waals surface area contributed by atoms with Crippen LogP contribution in [0.1, 0.15) is 37.8 Å². The summed E-state index contributed by atoms with van der Waals surface area (Å²) in [6.07, 6.45) is 0.201. The molecule has 0 radical (unpaired) electrons. The molecule has 0 spiro atoms. The SMILES string of the molecule is C=C1OCC(C)O1.Cc1ccc([I+]c2ccc(C(C)C)cc2)cc1.F[P-](F)(F)(F)(F)F. The van der Waals surface area contributed by atoms with Gasteiger partial charge in [0.15, 0.2) is 7.14 Å². The summed E-state index contributed by atoms with van der Waals surface area (Å²) in [7, 11) is -10.7. The Hall–Kier alpha value is -1.48. The Morgan fingerprint density at radius 1 is 0.903 bits per heavy atom. The first-order chi connectivity index (χ1) is 13.9. The van der Waals surface area contributed by atoms with Gasteiger partial charge in [0.2, 0.25) is 0 Å². The van der Waals surface area contributed by atoms with Crippen molar-refractivity contribution < 1.29 is 55.9 Å². The van der Waals surface area contributed by atoms with Gasteiger partial charge in [-0.15, -0.1) is 0 Å².